The van der Waals surface area contributed by atoms with E-state index < -0.39 is 0 Å². The summed E-state index contributed by atoms with van der Waals surface area (Å²) in [6, 6.07) is 14.9. The average Bonchev–Trinajstić information content (AvgIpc) is 3.50. The zero-order chi connectivity index (χ0) is 58.8. The standard InChI is InChI=1S/C72H116N2O8/c1-7-13-19-25-31-37-51-77-67-45-43-61(57-69(67)79-53-39-33-27-21-15-9-3)65(75)47-49-73-63-59-71(81-55-41-35-29-23-17-11-5)72(82-56-42-36-30-24-18-12-6)60-64(63)74-50-48-66(76)62-44-46-68(78-52-38-32-26-20-14-8-2)70(58-62)80-54-40-34-28-22-16-10-4/h43-50,57-60,73-74H,7-42,51-56H2,1-6H3/b49-47+,50-48+. The fraction of sp³-hybridized carbons (Fsp3) is 0.667. The number of benzene rings is 3. The van der Waals surface area contributed by atoms with Crippen LogP contribution in [-0.2, 0) is 0 Å². The summed E-state index contributed by atoms with van der Waals surface area (Å²) < 4.78 is 38.3. The summed E-state index contributed by atoms with van der Waals surface area (Å²) in [7, 11) is 0. The highest BCUT2D eigenvalue weighted by Crippen LogP contribution is 2.38. The van der Waals surface area contributed by atoms with Gasteiger partial charge in [0.2, 0.25) is 0 Å². The zero-order valence-corrected chi connectivity index (χ0v) is 52.9. The van der Waals surface area contributed by atoms with E-state index in [-0.39, 0.29) is 11.6 Å². The molecule has 462 valence electrons. The SMILES string of the molecule is CCCCCCCCOc1ccc(C(=O)/C=C/Nc2cc(OCCCCCCCC)c(OCCCCCCCC)cc2N/C=C/C(=O)c2ccc(OCCCCCCCC)c(OCCCCCCCC)c2)cc1OCCCCCCCC. The number of unbranched alkanes of at least 4 members (excludes halogenated alkanes) is 30. The lowest BCUT2D eigenvalue weighted by atomic mass is 10.1. The van der Waals surface area contributed by atoms with Crippen molar-refractivity contribution in [2.24, 2.45) is 0 Å². The van der Waals surface area contributed by atoms with Crippen molar-refractivity contribution in [2.45, 2.75) is 273 Å². The van der Waals surface area contributed by atoms with E-state index in [9.17, 15) is 9.59 Å². The Morgan fingerprint density at radius 2 is 0.512 bits per heavy atom. The molecule has 0 aliphatic carbocycles. The molecule has 0 bridgehead atoms. The third-order valence-electron chi connectivity index (χ3n) is 15.0. The van der Waals surface area contributed by atoms with Crippen LogP contribution in [0.1, 0.15) is 293 Å². The van der Waals surface area contributed by atoms with Crippen molar-refractivity contribution in [3.63, 3.8) is 0 Å². The van der Waals surface area contributed by atoms with E-state index in [2.05, 4.69) is 52.2 Å². The normalized spacial score (nSPS) is 11.4. The molecule has 3 aromatic carbocycles. The molecule has 0 atom stereocenters. The first-order valence-electron chi connectivity index (χ1n) is 33.6. The van der Waals surface area contributed by atoms with Gasteiger partial charge >= 0.3 is 0 Å². The molecule has 0 fully saturated rings. The first-order chi connectivity index (χ1) is 40.4. The lowest BCUT2D eigenvalue weighted by Crippen LogP contribution is -2.06. The highest BCUT2D eigenvalue weighted by molar-refractivity contribution is 6.06. The molecule has 0 aromatic heterocycles. The van der Waals surface area contributed by atoms with E-state index in [1.807, 2.05) is 48.5 Å². The summed E-state index contributed by atoms with van der Waals surface area (Å²) in [5.74, 6) is 3.47. The number of ether oxygens (including phenoxy) is 6. The van der Waals surface area contributed by atoms with Crippen LogP contribution in [0, 0.1) is 0 Å². The van der Waals surface area contributed by atoms with Crippen molar-refractivity contribution in [2.75, 3.05) is 50.3 Å². The van der Waals surface area contributed by atoms with Crippen LogP contribution in [0.15, 0.2) is 73.1 Å². The second-order valence-corrected chi connectivity index (χ2v) is 22.5. The Balaban J connectivity index is 1.92. The minimum absolute atomic E-state index is 0.174. The van der Waals surface area contributed by atoms with E-state index in [0.717, 1.165) is 77.0 Å². The molecule has 0 heterocycles. The third-order valence-corrected chi connectivity index (χ3v) is 15.0. The molecule has 0 radical (unpaired) electrons. The van der Waals surface area contributed by atoms with Crippen LogP contribution in [0.3, 0.4) is 0 Å². The summed E-state index contributed by atoms with van der Waals surface area (Å²) in [4.78, 5) is 27.9. The van der Waals surface area contributed by atoms with E-state index in [1.54, 1.807) is 24.6 Å². The van der Waals surface area contributed by atoms with Gasteiger partial charge in [-0.3, -0.25) is 9.59 Å². The summed E-state index contributed by atoms with van der Waals surface area (Å²) in [6.07, 6.45) is 48.4. The second-order valence-electron chi connectivity index (χ2n) is 22.5. The number of carbonyl (C=O) groups is 2. The molecule has 0 aliphatic rings. The molecule has 2 N–H and O–H groups in total. The largest absolute Gasteiger partial charge is 0.490 e. The first kappa shape index (κ1) is 71.1. The number of anilines is 2. The summed E-state index contributed by atoms with van der Waals surface area (Å²) in [5, 5.41) is 6.79. The fourth-order valence-corrected chi connectivity index (χ4v) is 9.80. The average molecular weight is 1140 g/mol. The molecule has 0 amide bonds. The Bertz CT molecular complexity index is 1990. The van der Waals surface area contributed by atoms with Crippen LogP contribution < -0.4 is 39.1 Å². The van der Waals surface area contributed by atoms with Gasteiger partial charge in [-0.15, -0.1) is 0 Å². The van der Waals surface area contributed by atoms with Gasteiger partial charge in [-0.25, -0.2) is 0 Å². The predicted octanol–water partition coefficient (Wildman–Crippen LogP) is 21.7. The Morgan fingerprint density at radius 3 is 0.768 bits per heavy atom. The molecular formula is C72H116N2O8. The van der Waals surface area contributed by atoms with Gasteiger partial charge in [0.1, 0.15) is 0 Å². The van der Waals surface area contributed by atoms with Crippen LogP contribution >= 0.6 is 0 Å². The van der Waals surface area contributed by atoms with Gasteiger partial charge in [0.25, 0.3) is 0 Å². The van der Waals surface area contributed by atoms with Gasteiger partial charge < -0.3 is 39.1 Å². The van der Waals surface area contributed by atoms with Gasteiger partial charge in [0, 0.05) is 47.8 Å². The van der Waals surface area contributed by atoms with Gasteiger partial charge in [-0.05, 0) is 74.9 Å². The molecule has 3 aromatic rings. The van der Waals surface area contributed by atoms with Crippen molar-refractivity contribution in [1.82, 2.24) is 0 Å². The van der Waals surface area contributed by atoms with Crippen LogP contribution in [0.25, 0.3) is 0 Å². The molecule has 10 heteroatoms. The molecule has 82 heavy (non-hydrogen) atoms. The van der Waals surface area contributed by atoms with Crippen molar-refractivity contribution in [1.29, 1.82) is 0 Å². The Hall–Kier alpha value is -5.12. The number of carbonyl (C=O) groups excluding carboxylic acids is 2. The molecule has 0 saturated carbocycles. The Morgan fingerprint density at radius 1 is 0.293 bits per heavy atom. The third kappa shape index (κ3) is 33.2. The maximum Gasteiger partial charge on any atom is 0.187 e. The summed E-state index contributed by atoms with van der Waals surface area (Å²) >= 11 is 0. The van der Waals surface area contributed by atoms with Crippen LogP contribution in [0.5, 0.6) is 34.5 Å². The molecule has 3 rings (SSSR count). The zero-order valence-electron chi connectivity index (χ0n) is 52.9. The first-order valence-corrected chi connectivity index (χ1v) is 33.6. The van der Waals surface area contributed by atoms with Crippen molar-refractivity contribution in [3.05, 3.63) is 84.2 Å². The monoisotopic (exact) mass is 1140 g/mol. The number of ketones is 2. The number of allylic oxidation sites excluding steroid dienone is 2. The maximum atomic E-state index is 14.0. The summed E-state index contributed by atoms with van der Waals surface area (Å²) in [5.41, 5.74) is 2.34. The van der Waals surface area contributed by atoms with Gasteiger partial charge in [-0.2, -0.15) is 0 Å². The molecule has 0 aliphatic heterocycles. The molecule has 10 nitrogen and oxygen atoms in total. The minimum Gasteiger partial charge on any atom is -0.490 e. The van der Waals surface area contributed by atoms with Gasteiger partial charge in [0.05, 0.1) is 51.0 Å². The lowest BCUT2D eigenvalue weighted by molar-refractivity contribution is 0.103. The van der Waals surface area contributed by atoms with Crippen LogP contribution in [0.2, 0.25) is 0 Å². The van der Waals surface area contributed by atoms with Gasteiger partial charge in [0.15, 0.2) is 46.1 Å². The second kappa shape index (κ2) is 49.3. The predicted molar refractivity (Wildman–Crippen MR) is 347 cm³/mol. The van der Waals surface area contributed by atoms with Crippen molar-refractivity contribution in [3.8, 4) is 34.5 Å². The van der Waals surface area contributed by atoms with Crippen molar-refractivity contribution >= 4 is 22.9 Å². The smallest absolute Gasteiger partial charge is 0.187 e. The van der Waals surface area contributed by atoms with Crippen LogP contribution in [-0.4, -0.2) is 51.2 Å². The number of nitrogens with one attached hydrogen (secondary N) is 2. The summed E-state index contributed by atoms with van der Waals surface area (Å²) in [6.45, 7) is 16.9. The minimum atomic E-state index is -0.174. The van der Waals surface area contributed by atoms with E-state index in [4.69, 9.17) is 28.4 Å². The highest BCUT2D eigenvalue weighted by atomic mass is 16.5. The quantitative estimate of drug-likeness (QED) is 0.0322. The number of hydrogen-bond donors (Lipinski definition) is 2. The number of rotatable bonds is 56. The Labute approximate surface area is 500 Å². The number of hydrogen-bond acceptors (Lipinski definition) is 10. The molecule has 0 spiro atoms. The highest BCUT2D eigenvalue weighted by Gasteiger charge is 2.16. The Kier molecular flexibility index (Phi) is 42.8. The van der Waals surface area contributed by atoms with Gasteiger partial charge in [-0.1, -0.05) is 234 Å². The van der Waals surface area contributed by atoms with E-state index >= 15 is 0 Å². The van der Waals surface area contributed by atoms with Crippen LogP contribution in [0.4, 0.5) is 11.4 Å². The van der Waals surface area contributed by atoms with E-state index in [0.29, 0.717) is 96.6 Å². The maximum absolute atomic E-state index is 14.0. The lowest BCUT2D eigenvalue weighted by Gasteiger charge is -2.18. The van der Waals surface area contributed by atoms with E-state index in [1.165, 1.54) is 154 Å². The topological polar surface area (TPSA) is 114 Å². The van der Waals surface area contributed by atoms with Crippen molar-refractivity contribution < 1.29 is 38.0 Å². The molecule has 0 saturated heterocycles. The molecular weight excluding hydrogens is 1020 g/mol. The fourth-order valence-electron chi connectivity index (χ4n) is 9.80. The molecule has 0 unspecified atom stereocenters.